The van der Waals surface area contributed by atoms with Gasteiger partial charge in [0.15, 0.2) is 5.76 Å². The molecule has 0 fully saturated rings. The number of nitrogens with one attached hydrogen (secondary N) is 2. The predicted octanol–water partition coefficient (Wildman–Crippen LogP) is 5.90. The van der Waals surface area contributed by atoms with Gasteiger partial charge in [-0.3, -0.25) is 4.79 Å². The fourth-order valence-corrected chi connectivity index (χ4v) is 2.93. The Balaban J connectivity index is 1.74. The predicted molar refractivity (Wildman–Crippen MR) is 108 cm³/mol. The van der Waals surface area contributed by atoms with Crippen molar-refractivity contribution in [2.24, 2.45) is 0 Å². The van der Waals surface area contributed by atoms with Gasteiger partial charge in [-0.1, -0.05) is 12.1 Å². The Hall–Kier alpha value is -3.69. The normalized spacial score (nSPS) is 13.9. The topological polar surface area (TPSA) is 67.4 Å². The largest absolute Gasteiger partial charge is 0.490 e. The highest BCUT2D eigenvalue weighted by molar-refractivity contribution is 6.02. The zero-order valence-electron chi connectivity index (χ0n) is 16.6. The molecule has 1 aliphatic rings. The van der Waals surface area contributed by atoms with Crippen molar-refractivity contribution in [1.29, 1.82) is 0 Å². The van der Waals surface area contributed by atoms with E-state index in [4.69, 9.17) is 4.74 Å². The van der Waals surface area contributed by atoms with Gasteiger partial charge >= 0.3 is 12.2 Å². The minimum absolute atomic E-state index is 0.0910. The molecule has 0 atom stereocenters. The summed E-state index contributed by atoms with van der Waals surface area (Å²) in [5.74, 6) is -1.96. The number of rotatable bonds is 5. The van der Waals surface area contributed by atoms with Gasteiger partial charge in [0, 0.05) is 6.42 Å². The fourth-order valence-electron chi connectivity index (χ4n) is 2.93. The van der Waals surface area contributed by atoms with E-state index in [1.165, 1.54) is 18.2 Å². The smallest absolute Gasteiger partial charge is 0.416 e. The average Bonchev–Trinajstić information content (AvgIpc) is 2.72. The number of amides is 2. The van der Waals surface area contributed by atoms with E-state index in [9.17, 15) is 31.5 Å². The molecule has 0 saturated carbocycles. The van der Waals surface area contributed by atoms with E-state index in [1.807, 2.05) is 5.32 Å². The van der Waals surface area contributed by atoms with Crippen molar-refractivity contribution in [3.8, 4) is 0 Å². The van der Waals surface area contributed by atoms with Crippen LogP contribution in [-0.2, 0) is 15.7 Å². The minimum atomic E-state index is -4.72. The summed E-state index contributed by atoms with van der Waals surface area (Å²) >= 11 is 0. The van der Waals surface area contributed by atoms with E-state index >= 15 is 0 Å². The number of ether oxygens (including phenoxy) is 1. The van der Waals surface area contributed by atoms with Crippen LogP contribution in [-0.4, -0.2) is 18.4 Å². The summed E-state index contributed by atoms with van der Waals surface area (Å²) in [4.78, 5) is 23.9. The minimum Gasteiger partial charge on any atom is -0.490 e. The Bertz CT molecular complexity index is 1120. The quantitative estimate of drug-likeness (QED) is 0.555. The van der Waals surface area contributed by atoms with Gasteiger partial charge in [-0.15, -0.1) is 0 Å². The number of allylic oxidation sites excluding steroid dienone is 4. The Morgan fingerprint density at radius 3 is 2.41 bits per heavy atom. The molecule has 2 amide bonds. The number of Topliss-reactive ketones (excluding diaryl/α,β-unsaturated/α-hetero) is 1. The highest BCUT2D eigenvalue weighted by Gasteiger charge is 2.31. The van der Waals surface area contributed by atoms with Gasteiger partial charge in [-0.2, -0.15) is 13.2 Å². The molecule has 0 spiro atoms. The zero-order valence-corrected chi connectivity index (χ0v) is 16.6. The van der Waals surface area contributed by atoms with E-state index in [1.54, 1.807) is 13.0 Å². The van der Waals surface area contributed by atoms with Crippen molar-refractivity contribution in [2.75, 3.05) is 17.2 Å². The second-order valence-corrected chi connectivity index (χ2v) is 6.69. The fraction of sp³-hybridized carbons (Fsp3) is 0.182. The molecule has 0 unspecified atom stereocenters. The third-order valence-electron chi connectivity index (χ3n) is 4.46. The molecule has 2 aromatic carbocycles. The van der Waals surface area contributed by atoms with Crippen LogP contribution in [0.4, 0.5) is 38.1 Å². The van der Waals surface area contributed by atoms with Crippen molar-refractivity contribution in [1.82, 2.24) is 0 Å². The van der Waals surface area contributed by atoms with Gasteiger partial charge in [0.1, 0.15) is 11.6 Å². The molecule has 0 bridgehead atoms. The van der Waals surface area contributed by atoms with Crippen LogP contribution < -0.4 is 10.6 Å². The number of carbonyl (C=O) groups excluding carboxylic acids is 2. The number of halogens is 5. The summed E-state index contributed by atoms with van der Waals surface area (Å²) in [5.41, 5.74) is -1.17. The van der Waals surface area contributed by atoms with Gasteiger partial charge in [-0.25, -0.2) is 13.6 Å². The molecule has 1 aliphatic carbocycles. The second-order valence-electron chi connectivity index (χ2n) is 6.69. The SMILES string of the molecule is CCOC1=CC(c2ccc(NC(=O)Nc3cc(C(F)(F)F)ccc3F)c(F)c2)=CCC1=O. The van der Waals surface area contributed by atoms with Crippen LogP contribution in [0.1, 0.15) is 24.5 Å². The number of carbonyl (C=O) groups is 2. The van der Waals surface area contributed by atoms with Crippen molar-refractivity contribution < 1.29 is 36.3 Å². The molecule has 0 aromatic heterocycles. The number of hydrogen-bond acceptors (Lipinski definition) is 3. The number of benzene rings is 2. The monoisotopic (exact) mass is 452 g/mol. The number of alkyl halides is 3. The van der Waals surface area contributed by atoms with Gasteiger partial charge in [0.2, 0.25) is 5.78 Å². The lowest BCUT2D eigenvalue weighted by Crippen LogP contribution is -2.21. The maximum Gasteiger partial charge on any atom is 0.416 e. The van der Waals surface area contributed by atoms with Crippen LogP contribution in [0.15, 0.2) is 54.3 Å². The first-order chi connectivity index (χ1) is 15.1. The maximum absolute atomic E-state index is 14.5. The Kier molecular flexibility index (Phi) is 6.61. The second kappa shape index (κ2) is 9.21. The Morgan fingerprint density at radius 1 is 1.03 bits per heavy atom. The highest BCUT2D eigenvalue weighted by Crippen LogP contribution is 2.32. The number of hydrogen-bond donors (Lipinski definition) is 2. The third kappa shape index (κ3) is 5.32. The molecule has 0 heterocycles. The van der Waals surface area contributed by atoms with Gasteiger partial charge in [0.25, 0.3) is 0 Å². The van der Waals surface area contributed by atoms with Crippen molar-refractivity contribution >= 4 is 28.8 Å². The number of ketones is 1. The lowest BCUT2D eigenvalue weighted by Gasteiger charge is -2.15. The first-order valence-electron chi connectivity index (χ1n) is 9.41. The van der Waals surface area contributed by atoms with Crippen molar-refractivity contribution in [3.05, 3.63) is 77.1 Å². The molecule has 3 rings (SSSR count). The van der Waals surface area contributed by atoms with Crippen LogP contribution >= 0.6 is 0 Å². The summed E-state index contributed by atoms with van der Waals surface area (Å²) in [5, 5.41) is 4.06. The summed E-state index contributed by atoms with van der Waals surface area (Å²) < 4.78 is 71.9. The van der Waals surface area contributed by atoms with Gasteiger partial charge in [-0.05, 0) is 54.5 Å². The van der Waals surface area contributed by atoms with E-state index in [0.29, 0.717) is 35.9 Å². The molecular formula is C22H17F5N2O3. The summed E-state index contributed by atoms with van der Waals surface area (Å²) in [6.45, 7) is 2.02. The zero-order chi connectivity index (χ0) is 23.5. The molecule has 2 aromatic rings. The van der Waals surface area contributed by atoms with Crippen molar-refractivity contribution in [2.45, 2.75) is 19.5 Å². The van der Waals surface area contributed by atoms with E-state index < -0.39 is 35.1 Å². The molecular weight excluding hydrogens is 435 g/mol. The van der Waals surface area contributed by atoms with Crippen LogP contribution in [0.5, 0.6) is 0 Å². The van der Waals surface area contributed by atoms with Crippen molar-refractivity contribution in [3.63, 3.8) is 0 Å². The van der Waals surface area contributed by atoms with Gasteiger partial charge < -0.3 is 15.4 Å². The van der Waals surface area contributed by atoms with E-state index in [0.717, 1.165) is 6.07 Å². The lowest BCUT2D eigenvalue weighted by atomic mass is 9.97. The van der Waals surface area contributed by atoms with Crippen LogP contribution in [0.25, 0.3) is 5.57 Å². The van der Waals surface area contributed by atoms with Gasteiger partial charge in [0.05, 0.1) is 23.5 Å². The van der Waals surface area contributed by atoms with Crippen LogP contribution in [0.2, 0.25) is 0 Å². The molecule has 32 heavy (non-hydrogen) atoms. The summed E-state index contributed by atoms with van der Waals surface area (Å²) in [6, 6.07) is 4.24. The molecule has 5 nitrogen and oxygen atoms in total. The first-order valence-corrected chi connectivity index (χ1v) is 9.41. The van der Waals surface area contributed by atoms with Crippen LogP contribution in [0.3, 0.4) is 0 Å². The molecule has 0 saturated heterocycles. The molecule has 168 valence electrons. The first kappa shape index (κ1) is 23.0. The molecule has 0 radical (unpaired) electrons. The highest BCUT2D eigenvalue weighted by atomic mass is 19.4. The van der Waals surface area contributed by atoms with E-state index in [2.05, 4.69) is 5.32 Å². The number of urea groups is 1. The maximum atomic E-state index is 14.5. The molecule has 0 aliphatic heterocycles. The Morgan fingerprint density at radius 2 is 1.75 bits per heavy atom. The molecule has 10 heteroatoms. The Labute approximate surface area is 179 Å². The standard InChI is InChI=1S/C22H17F5N2O3/c1-2-32-20-10-13(4-8-19(20)30)12-3-7-17(16(24)9-12)28-21(31)29-18-11-14(22(25,26)27)5-6-15(18)23/h3-7,9-11H,2,8H2,1H3,(H2,28,29,31). The summed E-state index contributed by atoms with van der Waals surface area (Å²) in [7, 11) is 0. The van der Waals surface area contributed by atoms with E-state index in [-0.39, 0.29) is 23.7 Å². The number of anilines is 2. The lowest BCUT2D eigenvalue weighted by molar-refractivity contribution is -0.137. The summed E-state index contributed by atoms with van der Waals surface area (Å²) in [6.07, 6.45) is -1.54. The molecule has 2 N–H and O–H groups in total. The van der Waals surface area contributed by atoms with Crippen LogP contribution in [0, 0.1) is 11.6 Å². The third-order valence-corrected chi connectivity index (χ3v) is 4.46. The average molecular weight is 452 g/mol.